The van der Waals surface area contributed by atoms with Gasteiger partial charge in [0.2, 0.25) is 0 Å². The number of benzene rings is 2. The highest BCUT2D eigenvalue weighted by Gasteiger charge is 2.15. The van der Waals surface area contributed by atoms with Crippen molar-refractivity contribution in [3.8, 4) is 5.75 Å². The van der Waals surface area contributed by atoms with Gasteiger partial charge in [-0.25, -0.2) is 0 Å². The zero-order valence-corrected chi connectivity index (χ0v) is 14.5. The minimum Gasteiger partial charge on any atom is -0.494 e. The predicted octanol–water partition coefficient (Wildman–Crippen LogP) is 4.46. The Hall–Kier alpha value is -2.29. The molecule has 1 atom stereocenters. The molecule has 1 aliphatic rings. The maximum absolute atomic E-state index is 12.4. The summed E-state index contributed by atoms with van der Waals surface area (Å²) in [4.78, 5) is 12.4. The third kappa shape index (κ3) is 3.78. The lowest BCUT2D eigenvalue weighted by Crippen LogP contribution is -2.26. The number of nitrogens with one attached hydrogen (secondary N) is 1. The van der Waals surface area contributed by atoms with Crippen LogP contribution in [0.1, 0.15) is 59.8 Å². The number of amides is 1. The first-order valence-electron chi connectivity index (χ1n) is 8.83. The normalized spacial score (nSPS) is 14.6. The standard InChI is InChI=1S/C21H25NO2/c1-3-24-20-12-10-17(11-13-20)21(23)22-15(2)18-9-8-16-6-4-5-7-19(16)14-18/h8-15H,3-7H2,1-2H3,(H,22,23)/t15-/m1/s1. The molecule has 1 aliphatic carbocycles. The minimum atomic E-state index is -0.0525. The molecule has 0 radical (unpaired) electrons. The molecule has 0 unspecified atom stereocenters. The van der Waals surface area contributed by atoms with E-state index in [1.807, 2.05) is 26.0 Å². The summed E-state index contributed by atoms with van der Waals surface area (Å²) in [7, 11) is 0. The molecule has 1 N–H and O–H groups in total. The number of hydrogen-bond acceptors (Lipinski definition) is 2. The summed E-state index contributed by atoms with van der Waals surface area (Å²) in [5.74, 6) is 0.736. The maximum Gasteiger partial charge on any atom is 0.251 e. The monoisotopic (exact) mass is 323 g/mol. The van der Waals surface area contributed by atoms with E-state index in [9.17, 15) is 4.79 Å². The number of carbonyl (C=O) groups is 1. The summed E-state index contributed by atoms with van der Waals surface area (Å²) in [5, 5.41) is 3.09. The van der Waals surface area contributed by atoms with Crippen LogP contribution in [0.25, 0.3) is 0 Å². The number of rotatable bonds is 5. The van der Waals surface area contributed by atoms with E-state index in [1.165, 1.54) is 36.0 Å². The van der Waals surface area contributed by atoms with E-state index in [4.69, 9.17) is 4.74 Å². The van der Waals surface area contributed by atoms with Crippen molar-refractivity contribution in [1.82, 2.24) is 5.32 Å². The van der Waals surface area contributed by atoms with Gasteiger partial charge in [-0.3, -0.25) is 4.79 Å². The Balaban J connectivity index is 1.67. The molecule has 0 saturated heterocycles. The molecule has 0 aromatic heterocycles. The van der Waals surface area contributed by atoms with Crippen LogP contribution in [0.4, 0.5) is 0 Å². The van der Waals surface area contributed by atoms with Gasteiger partial charge in [-0.1, -0.05) is 18.2 Å². The first-order valence-corrected chi connectivity index (χ1v) is 8.83. The average molecular weight is 323 g/mol. The van der Waals surface area contributed by atoms with Crippen LogP contribution in [-0.2, 0) is 12.8 Å². The Labute approximate surface area is 144 Å². The molecular formula is C21H25NO2. The van der Waals surface area contributed by atoms with E-state index in [2.05, 4.69) is 23.5 Å². The first kappa shape index (κ1) is 16.6. The number of carbonyl (C=O) groups excluding carboxylic acids is 1. The van der Waals surface area contributed by atoms with Gasteiger partial charge in [-0.2, -0.15) is 0 Å². The molecule has 2 aromatic rings. The quantitative estimate of drug-likeness (QED) is 0.882. The minimum absolute atomic E-state index is 0.00343. The smallest absolute Gasteiger partial charge is 0.251 e. The highest BCUT2D eigenvalue weighted by atomic mass is 16.5. The van der Waals surface area contributed by atoms with Crippen LogP contribution in [0.15, 0.2) is 42.5 Å². The number of hydrogen-bond donors (Lipinski definition) is 1. The van der Waals surface area contributed by atoms with E-state index in [0.717, 1.165) is 12.2 Å². The lowest BCUT2D eigenvalue weighted by atomic mass is 9.89. The van der Waals surface area contributed by atoms with Crippen LogP contribution in [0, 0.1) is 0 Å². The van der Waals surface area contributed by atoms with Gasteiger partial charge in [0, 0.05) is 5.56 Å². The Bertz CT molecular complexity index is 706. The summed E-state index contributed by atoms with van der Waals surface area (Å²) >= 11 is 0. The zero-order valence-electron chi connectivity index (χ0n) is 14.5. The highest BCUT2D eigenvalue weighted by Crippen LogP contribution is 2.25. The van der Waals surface area contributed by atoms with Crippen LogP contribution in [-0.4, -0.2) is 12.5 Å². The topological polar surface area (TPSA) is 38.3 Å². The van der Waals surface area contributed by atoms with Crippen molar-refractivity contribution in [1.29, 1.82) is 0 Å². The fourth-order valence-electron chi connectivity index (χ4n) is 3.26. The molecule has 0 saturated carbocycles. The molecule has 1 amide bonds. The lowest BCUT2D eigenvalue weighted by molar-refractivity contribution is 0.0940. The molecule has 0 bridgehead atoms. The van der Waals surface area contributed by atoms with E-state index >= 15 is 0 Å². The van der Waals surface area contributed by atoms with E-state index in [-0.39, 0.29) is 11.9 Å². The SMILES string of the molecule is CCOc1ccc(C(=O)N[C@H](C)c2ccc3c(c2)CCCC3)cc1. The Morgan fingerprint density at radius 1 is 1.08 bits per heavy atom. The zero-order chi connectivity index (χ0) is 16.9. The van der Waals surface area contributed by atoms with Crippen LogP contribution >= 0.6 is 0 Å². The van der Waals surface area contributed by atoms with Crippen LogP contribution in [0.2, 0.25) is 0 Å². The Morgan fingerprint density at radius 2 is 1.79 bits per heavy atom. The number of fused-ring (bicyclic) bond motifs is 1. The summed E-state index contributed by atoms with van der Waals surface area (Å²) < 4.78 is 5.41. The van der Waals surface area contributed by atoms with Crippen LogP contribution < -0.4 is 10.1 Å². The largest absolute Gasteiger partial charge is 0.494 e. The van der Waals surface area contributed by atoms with Crippen LogP contribution in [0.5, 0.6) is 5.75 Å². The van der Waals surface area contributed by atoms with Gasteiger partial charge in [-0.15, -0.1) is 0 Å². The second-order valence-electron chi connectivity index (χ2n) is 6.39. The van der Waals surface area contributed by atoms with Gasteiger partial charge in [-0.05, 0) is 80.5 Å². The second kappa shape index (κ2) is 7.52. The third-order valence-electron chi connectivity index (χ3n) is 4.65. The van der Waals surface area contributed by atoms with Crippen LogP contribution in [0.3, 0.4) is 0 Å². The van der Waals surface area contributed by atoms with Crippen molar-refractivity contribution >= 4 is 5.91 Å². The first-order chi connectivity index (χ1) is 11.7. The van der Waals surface area contributed by atoms with Gasteiger partial charge in [0.1, 0.15) is 5.75 Å². The predicted molar refractivity (Wildman–Crippen MR) is 96.6 cm³/mol. The van der Waals surface area contributed by atoms with Crippen molar-refractivity contribution < 1.29 is 9.53 Å². The average Bonchev–Trinajstić information content (AvgIpc) is 2.62. The number of ether oxygens (including phenoxy) is 1. The molecule has 0 spiro atoms. The molecular weight excluding hydrogens is 298 g/mol. The Kier molecular flexibility index (Phi) is 5.19. The van der Waals surface area contributed by atoms with Gasteiger partial charge in [0.15, 0.2) is 0 Å². The van der Waals surface area contributed by atoms with Crippen molar-refractivity contribution in [2.24, 2.45) is 0 Å². The van der Waals surface area contributed by atoms with Crippen molar-refractivity contribution in [2.45, 2.75) is 45.6 Å². The van der Waals surface area contributed by atoms with Gasteiger partial charge in [0.05, 0.1) is 12.6 Å². The molecule has 3 rings (SSSR count). The Morgan fingerprint density at radius 3 is 2.50 bits per heavy atom. The van der Waals surface area contributed by atoms with Crippen molar-refractivity contribution in [3.63, 3.8) is 0 Å². The molecule has 3 nitrogen and oxygen atoms in total. The lowest BCUT2D eigenvalue weighted by Gasteiger charge is -2.20. The molecule has 2 aromatic carbocycles. The summed E-state index contributed by atoms with van der Waals surface area (Å²) in [6.45, 7) is 4.61. The summed E-state index contributed by atoms with van der Waals surface area (Å²) in [5.41, 5.74) is 4.74. The molecule has 3 heteroatoms. The third-order valence-corrected chi connectivity index (χ3v) is 4.65. The fourth-order valence-corrected chi connectivity index (χ4v) is 3.26. The van der Waals surface area contributed by atoms with Gasteiger partial charge < -0.3 is 10.1 Å². The maximum atomic E-state index is 12.4. The second-order valence-corrected chi connectivity index (χ2v) is 6.39. The van der Waals surface area contributed by atoms with Gasteiger partial charge in [0.25, 0.3) is 5.91 Å². The molecule has 24 heavy (non-hydrogen) atoms. The number of aryl methyl sites for hydroxylation is 2. The van der Waals surface area contributed by atoms with E-state index in [1.54, 1.807) is 12.1 Å². The van der Waals surface area contributed by atoms with Gasteiger partial charge >= 0.3 is 0 Å². The van der Waals surface area contributed by atoms with Crippen molar-refractivity contribution in [2.75, 3.05) is 6.61 Å². The molecule has 0 heterocycles. The summed E-state index contributed by atoms with van der Waals surface area (Å²) in [6, 6.07) is 13.9. The molecule has 126 valence electrons. The highest BCUT2D eigenvalue weighted by molar-refractivity contribution is 5.94. The van der Waals surface area contributed by atoms with E-state index in [0.29, 0.717) is 12.2 Å². The fraction of sp³-hybridized carbons (Fsp3) is 0.381. The summed E-state index contributed by atoms with van der Waals surface area (Å²) in [6.07, 6.45) is 4.89. The van der Waals surface area contributed by atoms with E-state index < -0.39 is 0 Å². The van der Waals surface area contributed by atoms with Crippen molar-refractivity contribution in [3.05, 3.63) is 64.7 Å². The molecule has 0 aliphatic heterocycles. The molecule has 0 fully saturated rings.